The van der Waals surface area contributed by atoms with Crippen molar-refractivity contribution in [3.63, 3.8) is 0 Å². The summed E-state index contributed by atoms with van der Waals surface area (Å²) in [6, 6.07) is -0.826. The normalized spacial score (nSPS) is 21.5. The maximum absolute atomic E-state index is 13.4. The van der Waals surface area contributed by atoms with Crippen molar-refractivity contribution in [1.82, 2.24) is 5.32 Å². The van der Waals surface area contributed by atoms with Crippen LogP contribution in [0.3, 0.4) is 0 Å². The zero-order valence-corrected chi connectivity index (χ0v) is 67.2. The van der Waals surface area contributed by atoms with Gasteiger partial charge in [-0.15, -0.1) is 0 Å². The van der Waals surface area contributed by atoms with Crippen LogP contribution in [0.25, 0.3) is 0 Å². The van der Waals surface area contributed by atoms with Gasteiger partial charge in [0.1, 0.15) is 48.8 Å². The number of carbonyl (C=O) groups is 1. The van der Waals surface area contributed by atoms with Gasteiger partial charge in [0.25, 0.3) is 0 Å². The standard InChI is InChI=1S/C88H173NO13/c1-3-5-7-9-11-13-15-17-19-21-23-25-27-29-31-33-35-37-38-40-42-44-46-48-50-52-54-56-58-60-62-64-66-68-70-72-80(93)89-76(75-99-87-85(98)83(96)86(79(74-91)101-87)102-88-84(97)82(95)81(94)78(73-90)100-88)77(92)71-69-67-65-63-61-59-57-55-53-51-49-47-45-43-41-39-36-34-32-30-28-26-24-22-20-18-16-14-12-10-8-6-4-2/h76-79,81-88,90-92,94-98H,3-75H2,1-2H3,(H,89,93). The first-order valence-electron chi connectivity index (χ1n) is 45.3. The Labute approximate surface area is 629 Å². The van der Waals surface area contributed by atoms with Gasteiger partial charge < -0.3 is 65.1 Å². The Morgan fingerprint density at radius 1 is 0.314 bits per heavy atom. The zero-order valence-electron chi connectivity index (χ0n) is 67.2. The quantitative estimate of drug-likeness (QED) is 0.0259. The number of hydrogen-bond donors (Lipinski definition) is 9. The smallest absolute Gasteiger partial charge is 0.220 e. The molecule has 0 aromatic rings. The van der Waals surface area contributed by atoms with E-state index >= 15 is 0 Å². The van der Waals surface area contributed by atoms with Crippen molar-refractivity contribution in [2.75, 3.05) is 19.8 Å². The summed E-state index contributed by atoms with van der Waals surface area (Å²) >= 11 is 0. The van der Waals surface area contributed by atoms with Gasteiger partial charge in [-0.25, -0.2) is 0 Å². The van der Waals surface area contributed by atoms with E-state index in [1.165, 1.54) is 385 Å². The number of aliphatic hydroxyl groups is 8. The third-order valence-electron chi connectivity index (χ3n) is 22.8. The van der Waals surface area contributed by atoms with Gasteiger partial charge in [-0.1, -0.05) is 444 Å². The molecule has 2 fully saturated rings. The summed E-state index contributed by atoms with van der Waals surface area (Å²) in [6.07, 6.45) is 76.2. The lowest BCUT2D eigenvalue weighted by Crippen LogP contribution is -2.65. The summed E-state index contributed by atoms with van der Waals surface area (Å²) in [5, 5.41) is 88.1. The highest BCUT2D eigenvalue weighted by atomic mass is 16.7. The Hall–Kier alpha value is -1.01. The van der Waals surface area contributed by atoms with Gasteiger partial charge in [-0.05, 0) is 12.8 Å². The Balaban J connectivity index is 1.55. The van der Waals surface area contributed by atoms with Crippen molar-refractivity contribution in [1.29, 1.82) is 0 Å². The zero-order chi connectivity index (χ0) is 73.7. The van der Waals surface area contributed by atoms with Crippen LogP contribution in [0.2, 0.25) is 0 Å². The molecule has 2 aliphatic heterocycles. The Morgan fingerprint density at radius 3 is 0.833 bits per heavy atom. The summed E-state index contributed by atoms with van der Waals surface area (Å²) in [6.45, 7) is 2.96. The molecule has 1 amide bonds. The van der Waals surface area contributed by atoms with E-state index in [2.05, 4.69) is 19.2 Å². The van der Waals surface area contributed by atoms with Crippen LogP contribution in [0.1, 0.15) is 463 Å². The van der Waals surface area contributed by atoms with E-state index < -0.39 is 86.8 Å². The third kappa shape index (κ3) is 54.6. The van der Waals surface area contributed by atoms with Crippen molar-refractivity contribution in [2.24, 2.45) is 0 Å². The highest BCUT2D eigenvalue weighted by Gasteiger charge is 2.51. The van der Waals surface area contributed by atoms with E-state index in [-0.39, 0.29) is 12.5 Å². The molecule has 0 radical (unpaired) electrons. The molecular formula is C88H173NO13. The number of nitrogens with one attached hydrogen (secondary N) is 1. The van der Waals surface area contributed by atoms with E-state index in [0.29, 0.717) is 12.8 Å². The summed E-state index contributed by atoms with van der Waals surface area (Å²) in [5.41, 5.74) is 0. The number of rotatable bonds is 79. The lowest BCUT2D eigenvalue weighted by atomic mass is 9.97. The molecule has 0 aromatic heterocycles. The molecule has 102 heavy (non-hydrogen) atoms. The van der Waals surface area contributed by atoms with Crippen LogP contribution in [0.15, 0.2) is 0 Å². The van der Waals surface area contributed by atoms with Crippen LogP contribution in [0.5, 0.6) is 0 Å². The molecular weight excluding hydrogens is 1280 g/mol. The topological polar surface area (TPSA) is 228 Å². The van der Waals surface area contributed by atoms with Crippen molar-refractivity contribution in [2.45, 2.75) is 537 Å². The molecule has 2 saturated heterocycles. The average Bonchev–Trinajstić information content (AvgIpc) is 0.790. The molecule has 14 nitrogen and oxygen atoms in total. The maximum atomic E-state index is 13.4. The second-order valence-electron chi connectivity index (χ2n) is 32.5. The van der Waals surface area contributed by atoms with Gasteiger partial charge in [0.2, 0.25) is 5.91 Å². The molecule has 0 spiro atoms. The number of amides is 1. The predicted molar refractivity (Wildman–Crippen MR) is 425 cm³/mol. The molecule has 2 aliphatic rings. The van der Waals surface area contributed by atoms with Gasteiger partial charge in [-0.2, -0.15) is 0 Å². The minimum Gasteiger partial charge on any atom is -0.394 e. The highest BCUT2D eigenvalue weighted by molar-refractivity contribution is 5.76. The van der Waals surface area contributed by atoms with Crippen molar-refractivity contribution < 1.29 is 64.6 Å². The molecule has 12 unspecified atom stereocenters. The van der Waals surface area contributed by atoms with Crippen molar-refractivity contribution in [3.8, 4) is 0 Å². The summed E-state index contributed by atoms with van der Waals surface area (Å²) in [4.78, 5) is 13.4. The lowest BCUT2D eigenvalue weighted by molar-refractivity contribution is -0.359. The summed E-state index contributed by atoms with van der Waals surface area (Å²) < 4.78 is 23.0. The van der Waals surface area contributed by atoms with Crippen LogP contribution < -0.4 is 5.32 Å². The van der Waals surface area contributed by atoms with Crippen molar-refractivity contribution >= 4 is 5.91 Å². The van der Waals surface area contributed by atoms with Gasteiger partial charge >= 0.3 is 0 Å². The molecule has 12 atom stereocenters. The van der Waals surface area contributed by atoms with Crippen LogP contribution in [0.4, 0.5) is 0 Å². The predicted octanol–water partition coefficient (Wildman–Crippen LogP) is 21.8. The van der Waals surface area contributed by atoms with Gasteiger partial charge in [0.15, 0.2) is 12.6 Å². The molecule has 608 valence electrons. The number of hydrogen-bond acceptors (Lipinski definition) is 13. The van der Waals surface area contributed by atoms with E-state index in [0.717, 1.165) is 51.4 Å². The average molecular weight is 1450 g/mol. The fourth-order valence-electron chi connectivity index (χ4n) is 15.7. The molecule has 0 saturated carbocycles. The second kappa shape index (κ2) is 72.8. The Kier molecular flexibility index (Phi) is 69.3. The monoisotopic (exact) mass is 1450 g/mol. The highest BCUT2D eigenvalue weighted by Crippen LogP contribution is 2.31. The molecule has 0 bridgehead atoms. The number of aliphatic hydroxyl groups excluding tert-OH is 8. The summed E-state index contributed by atoms with van der Waals surface area (Å²) in [7, 11) is 0. The first kappa shape index (κ1) is 97.1. The van der Waals surface area contributed by atoms with E-state index in [4.69, 9.17) is 18.9 Å². The van der Waals surface area contributed by atoms with Crippen LogP contribution >= 0.6 is 0 Å². The SMILES string of the molecule is CCCCCCCCCCCCCCCCCCCCCCCCCCCCCCCCCCCCCC(=O)NC(COC1OC(CO)C(OC2OC(CO)C(O)C(O)C2O)C(O)C1O)C(O)CCCCCCCCCCCCCCCCCCCCCCCCCCCCCCCCCCC. The lowest BCUT2D eigenvalue weighted by Gasteiger charge is -2.46. The summed E-state index contributed by atoms with van der Waals surface area (Å²) in [5.74, 6) is -0.193. The van der Waals surface area contributed by atoms with E-state index in [1.807, 2.05) is 0 Å². The van der Waals surface area contributed by atoms with Crippen LogP contribution in [0, 0.1) is 0 Å². The molecule has 2 rings (SSSR count). The molecule has 9 N–H and O–H groups in total. The third-order valence-corrected chi connectivity index (χ3v) is 22.8. The van der Waals surface area contributed by atoms with Gasteiger partial charge in [0.05, 0.1) is 32.0 Å². The molecule has 2 heterocycles. The largest absolute Gasteiger partial charge is 0.394 e. The van der Waals surface area contributed by atoms with E-state index in [1.54, 1.807) is 0 Å². The van der Waals surface area contributed by atoms with Crippen LogP contribution in [-0.4, -0.2) is 140 Å². The fourth-order valence-corrected chi connectivity index (χ4v) is 15.7. The second-order valence-corrected chi connectivity index (χ2v) is 32.5. The minimum absolute atomic E-state index is 0.193. The van der Waals surface area contributed by atoms with Gasteiger partial charge in [0, 0.05) is 6.42 Å². The van der Waals surface area contributed by atoms with E-state index in [9.17, 15) is 45.6 Å². The first-order chi connectivity index (χ1) is 50.1. The molecule has 14 heteroatoms. The maximum Gasteiger partial charge on any atom is 0.220 e. The minimum atomic E-state index is -1.78. The number of ether oxygens (including phenoxy) is 4. The number of unbranched alkanes of at least 4 members (excludes halogenated alkanes) is 66. The van der Waals surface area contributed by atoms with Crippen LogP contribution in [-0.2, 0) is 23.7 Å². The Morgan fingerprint density at radius 2 is 0.559 bits per heavy atom. The molecule has 0 aliphatic carbocycles. The first-order valence-corrected chi connectivity index (χ1v) is 45.3. The Bertz CT molecular complexity index is 1710. The van der Waals surface area contributed by atoms with Crippen molar-refractivity contribution in [3.05, 3.63) is 0 Å². The molecule has 0 aromatic carbocycles. The fraction of sp³-hybridized carbons (Fsp3) is 0.989. The van der Waals surface area contributed by atoms with Gasteiger partial charge in [-0.3, -0.25) is 4.79 Å². The number of carbonyl (C=O) groups excluding carboxylic acids is 1.